The maximum Gasteiger partial charge on any atom is 0.197 e. The van der Waals surface area contributed by atoms with Crippen LogP contribution in [0.3, 0.4) is 0 Å². The molecule has 3 N–H and O–H groups in total. The number of nitrogens with one attached hydrogen (secondary N) is 1. The summed E-state index contributed by atoms with van der Waals surface area (Å²) >= 11 is 1.35. The molecule has 0 spiro atoms. The van der Waals surface area contributed by atoms with Gasteiger partial charge in [0.25, 0.3) is 0 Å². The molecule has 0 bridgehead atoms. The molecular weight excluding hydrogens is 248 g/mol. The third kappa shape index (κ3) is 4.34. The standard InChI is InChI=1S/C12H24N4OS/c1-9(2)16(3)8-6-5-7-14-12-10(17-4)11(13)15-18-12/h9,14H,5-8H2,1-4H3,(H2,13,15). The number of aromatic nitrogens is 1. The molecule has 0 atom stereocenters. The van der Waals surface area contributed by atoms with E-state index >= 15 is 0 Å². The quantitative estimate of drug-likeness (QED) is 0.711. The van der Waals surface area contributed by atoms with Gasteiger partial charge in [-0.05, 0) is 51.8 Å². The lowest BCUT2D eigenvalue weighted by atomic mass is 10.2. The Labute approximate surface area is 113 Å². The summed E-state index contributed by atoms with van der Waals surface area (Å²) in [6, 6.07) is 0.611. The average molecular weight is 272 g/mol. The van der Waals surface area contributed by atoms with Crippen LogP contribution in [0.2, 0.25) is 0 Å². The maximum atomic E-state index is 5.68. The Kier molecular flexibility index (Phi) is 6.21. The highest BCUT2D eigenvalue weighted by Gasteiger charge is 2.10. The Morgan fingerprint density at radius 3 is 2.78 bits per heavy atom. The predicted molar refractivity (Wildman–Crippen MR) is 78.6 cm³/mol. The second-order valence-electron chi connectivity index (χ2n) is 4.64. The van der Waals surface area contributed by atoms with E-state index in [9.17, 15) is 0 Å². The SMILES string of the molecule is COc1c(N)nsc1NCCCCN(C)C(C)C. The van der Waals surface area contributed by atoms with E-state index in [4.69, 9.17) is 10.5 Å². The number of rotatable bonds is 8. The average Bonchev–Trinajstić information content (AvgIpc) is 2.69. The van der Waals surface area contributed by atoms with Crippen LogP contribution in [-0.4, -0.2) is 42.6 Å². The van der Waals surface area contributed by atoms with Crippen molar-refractivity contribution >= 4 is 22.4 Å². The molecule has 0 saturated carbocycles. The molecule has 5 nitrogen and oxygen atoms in total. The van der Waals surface area contributed by atoms with Gasteiger partial charge in [-0.2, -0.15) is 4.37 Å². The molecule has 0 unspecified atom stereocenters. The first-order valence-corrected chi connectivity index (χ1v) is 7.06. The molecule has 0 saturated heterocycles. The Morgan fingerprint density at radius 1 is 1.44 bits per heavy atom. The van der Waals surface area contributed by atoms with Crippen molar-refractivity contribution in [2.24, 2.45) is 0 Å². The Bertz CT molecular complexity index is 354. The van der Waals surface area contributed by atoms with Gasteiger partial charge >= 0.3 is 0 Å². The van der Waals surface area contributed by atoms with Gasteiger partial charge in [0.2, 0.25) is 0 Å². The second-order valence-corrected chi connectivity index (χ2v) is 5.41. The Balaban J connectivity index is 2.22. The molecule has 1 aromatic rings. The number of unbranched alkanes of at least 4 members (excludes halogenated alkanes) is 1. The molecule has 0 fully saturated rings. The van der Waals surface area contributed by atoms with Crippen molar-refractivity contribution < 1.29 is 4.74 Å². The fourth-order valence-corrected chi connectivity index (χ4v) is 2.26. The first kappa shape index (κ1) is 15.0. The molecule has 1 heterocycles. The number of ether oxygens (including phenoxy) is 1. The Morgan fingerprint density at radius 2 is 2.17 bits per heavy atom. The van der Waals surface area contributed by atoms with Gasteiger partial charge in [-0.25, -0.2) is 0 Å². The number of hydrogen-bond donors (Lipinski definition) is 2. The van der Waals surface area contributed by atoms with Crippen molar-refractivity contribution in [1.29, 1.82) is 0 Å². The molecule has 0 aliphatic carbocycles. The molecule has 0 radical (unpaired) electrons. The van der Waals surface area contributed by atoms with Crippen LogP contribution in [0, 0.1) is 0 Å². The molecule has 1 aromatic heterocycles. The van der Waals surface area contributed by atoms with Gasteiger partial charge in [0.1, 0.15) is 0 Å². The molecule has 6 heteroatoms. The molecule has 0 aliphatic rings. The summed E-state index contributed by atoms with van der Waals surface area (Å²) in [4.78, 5) is 2.35. The van der Waals surface area contributed by atoms with Gasteiger partial charge in [0.15, 0.2) is 16.6 Å². The number of anilines is 2. The number of nitrogen functional groups attached to an aromatic ring is 1. The van der Waals surface area contributed by atoms with Crippen LogP contribution in [0.4, 0.5) is 10.8 Å². The normalized spacial score (nSPS) is 11.2. The molecule has 0 amide bonds. The molecule has 0 aliphatic heterocycles. The van der Waals surface area contributed by atoms with E-state index < -0.39 is 0 Å². The van der Waals surface area contributed by atoms with E-state index in [0.29, 0.717) is 17.6 Å². The summed E-state index contributed by atoms with van der Waals surface area (Å²) in [5.41, 5.74) is 5.68. The molecule has 104 valence electrons. The van der Waals surface area contributed by atoms with Gasteiger partial charge in [0, 0.05) is 12.6 Å². The summed E-state index contributed by atoms with van der Waals surface area (Å²) in [7, 11) is 3.77. The van der Waals surface area contributed by atoms with E-state index in [1.807, 2.05) is 0 Å². The van der Waals surface area contributed by atoms with Crippen LogP contribution in [0.15, 0.2) is 0 Å². The molecule has 18 heavy (non-hydrogen) atoms. The third-order valence-corrected chi connectivity index (χ3v) is 3.78. The summed E-state index contributed by atoms with van der Waals surface area (Å²) in [6.07, 6.45) is 2.30. The van der Waals surface area contributed by atoms with Crippen LogP contribution in [0.25, 0.3) is 0 Å². The smallest absolute Gasteiger partial charge is 0.197 e. The number of nitrogens with zero attached hydrogens (tertiary/aromatic N) is 2. The van der Waals surface area contributed by atoms with Crippen LogP contribution in [0.1, 0.15) is 26.7 Å². The summed E-state index contributed by atoms with van der Waals surface area (Å²) < 4.78 is 9.26. The zero-order valence-electron chi connectivity index (χ0n) is 11.7. The lowest BCUT2D eigenvalue weighted by Gasteiger charge is -2.20. The maximum absolute atomic E-state index is 5.68. The van der Waals surface area contributed by atoms with E-state index in [1.165, 1.54) is 18.0 Å². The highest BCUT2D eigenvalue weighted by molar-refractivity contribution is 7.11. The van der Waals surface area contributed by atoms with E-state index in [-0.39, 0.29) is 0 Å². The molecule has 0 aromatic carbocycles. The molecule has 1 rings (SSSR count). The lowest BCUT2D eigenvalue weighted by Crippen LogP contribution is -2.27. The van der Waals surface area contributed by atoms with Crippen LogP contribution < -0.4 is 15.8 Å². The summed E-state index contributed by atoms with van der Waals surface area (Å²) in [6.45, 7) is 6.47. The fourth-order valence-electron chi connectivity index (χ4n) is 1.55. The number of hydrogen-bond acceptors (Lipinski definition) is 6. The zero-order valence-corrected chi connectivity index (χ0v) is 12.5. The van der Waals surface area contributed by atoms with Gasteiger partial charge < -0.3 is 20.7 Å². The number of methoxy groups -OCH3 is 1. The third-order valence-electron chi connectivity index (χ3n) is 2.98. The monoisotopic (exact) mass is 272 g/mol. The summed E-state index contributed by atoms with van der Waals surface area (Å²) in [5, 5.41) is 4.24. The van der Waals surface area contributed by atoms with Gasteiger partial charge in [-0.15, -0.1) is 0 Å². The van der Waals surface area contributed by atoms with Crippen LogP contribution >= 0.6 is 11.5 Å². The van der Waals surface area contributed by atoms with Crippen LogP contribution in [0.5, 0.6) is 5.75 Å². The largest absolute Gasteiger partial charge is 0.490 e. The van der Waals surface area contributed by atoms with Crippen molar-refractivity contribution in [2.75, 3.05) is 38.3 Å². The summed E-state index contributed by atoms with van der Waals surface area (Å²) in [5.74, 6) is 1.13. The lowest BCUT2D eigenvalue weighted by molar-refractivity contribution is 0.269. The predicted octanol–water partition coefficient (Wildman–Crippen LogP) is 2.27. The minimum Gasteiger partial charge on any atom is -0.490 e. The second kappa shape index (κ2) is 7.43. The van der Waals surface area contributed by atoms with Crippen molar-refractivity contribution in [2.45, 2.75) is 32.7 Å². The minimum absolute atomic E-state index is 0.463. The van der Waals surface area contributed by atoms with E-state index in [2.05, 4.69) is 35.5 Å². The highest BCUT2D eigenvalue weighted by Crippen LogP contribution is 2.34. The molecular formula is C12H24N4OS. The highest BCUT2D eigenvalue weighted by atomic mass is 32.1. The topological polar surface area (TPSA) is 63.4 Å². The first-order valence-electron chi connectivity index (χ1n) is 6.29. The first-order chi connectivity index (χ1) is 8.56. The van der Waals surface area contributed by atoms with Gasteiger partial charge in [0.05, 0.1) is 7.11 Å². The van der Waals surface area contributed by atoms with Gasteiger partial charge in [-0.1, -0.05) is 0 Å². The van der Waals surface area contributed by atoms with E-state index in [0.717, 1.165) is 24.5 Å². The van der Waals surface area contributed by atoms with Crippen molar-refractivity contribution in [3.63, 3.8) is 0 Å². The van der Waals surface area contributed by atoms with E-state index in [1.54, 1.807) is 7.11 Å². The fraction of sp³-hybridized carbons (Fsp3) is 0.750. The van der Waals surface area contributed by atoms with Crippen molar-refractivity contribution in [1.82, 2.24) is 9.27 Å². The van der Waals surface area contributed by atoms with Gasteiger partial charge in [-0.3, -0.25) is 0 Å². The zero-order chi connectivity index (χ0) is 13.5. The van der Waals surface area contributed by atoms with Crippen molar-refractivity contribution in [3.05, 3.63) is 0 Å². The minimum atomic E-state index is 0.463. The Hall–Kier alpha value is -1.01. The van der Waals surface area contributed by atoms with Crippen molar-refractivity contribution in [3.8, 4) is 5.75 Å². The van der Waals surface area contributed by atoms with Crippen LogP contribution in [-0.2, 0) is 0 Å². The number of nitrogens with two attached hydrogens (primary N) is 1.